The third-order valence-electron chi connectivity index (χ3n) is 3.75. The van der Waals surface area contributed by atoms with E-state index in [1.807, 2.05) is 0 Å². The Morgan fingerprint density at radius 3 is 2.70 bits per heavy atom. The van der Waals surface area contributed by atoms with Crippen molar-refractivity contribution in [2.75, 3.05) is 31.4 Å². The molecule has 2 heterocycles. The molecule has 3 aromatic rings. The number of carbonyl (C=O) groups is 1. The molecule has 0 aliphatic carbocycles. The Labute approximate surface area is 155 Å². The summed E-state index contributed by atoms with van der Waals surface area (Å²) in [5.41, 5.74) is 14.1. The van der Waals surface area contributed by atoms with Crippen LogP contribution in [-0.4, -0.2) is 41.4 Å². The monoisotopic (exact) mass is 368 g/mol. The van der Waals surface area contributed by atoms with E-state index in [0.29, 0.717) is 42.0 Å². The van der Waals surface area contributed by atoms with Gasteiger partial charge in [-0.3, -0.25) is 9.89 Å². The molecular formula is C18H20N6O3. The molecule has 0 aliphatic heterocycles. The van der Waals surface area contributed by atoms with Gasteiger partial charge in [-0.2, -0.15) is 5.10 Å². The third kappa shape index (κ3) is 4.33. The van der Waals surface area contributed by atoms with Crippen LogP contribution in [0.1, 0.15) is 10.4 Å². The van der Waals surface area contributed by atoms with Crippen LogP contribution in [0.15, 0.2) is 42.6 Å². The molecule has 0 radical (unpaired) electrons. The number of nitrogens with two attached hydrogens (primary N) is 2. The number of H-pyrrole nitrogens is 1. The second-order valence-corrected chi connectivity index (χ2v) is 5.66. The molecule has 27 heavy (non-hydrogen) atoms. The number of hydrogen-bond acceptors (Lipinski definition) is 7. The van der Waals surface area contributed by atoms with Gasteiger partial charge in [0.25, 0.3) is 5.91 Å². The van der Waals surface area contributed by atoms with E-state index in [2.05, 4.69) is 20.5 Å². The number of amides is 1. The summed E-state index contributed by atoms with van der Waals surface area (Å²) in [5.74, 6) is 0.124. The fourth-order valence-electron chi connectivity index (χ4n) is 2.46. The number of anilines is 3. The minimum Gasteiger partial charge on any atom is -0.475 e. The number of primary amides is 1. The Kier molecular flexibility index (Phi) is 5.53. The first-order valence-electron chi connectivity index (χ1n) is 8.17. The van der Waals surface area contributed by atoms with Crippen molar-refractivity contribution in [3.8, 4) is 17.1 Å². The number of hydrogen-bond donors (Lipinski definition) is 4. The second kappa shape index (κ2) is 8.19. The lowest BCUT2D eigenvalue weighted by molar-refractivity contribution is 0.100. The molecule has 1 amide bonds. The molecule has 0 unspecified atom stereocenters. The number of nitrogens with one attached hydrogen (secondary N) is 2. The van der Waals surface area contributed by atoms with Gasteiger partial charge in [0, 0.05) is 36.3 Å². The fraction of sp³-hybridized carbons (Fsp3) is 0.167. The van der Waals surface area contributed by atoms with Gasteiger partial charge in [0.2, 0.25) is 5.88 Å². The number of rotatable bonds is 8. The lowest BCUT2D eigenvalue weighted by Crippen LogP contribution is -2.13. The molecule has 6 N–H and O–H groups in total. The second-order valence-electron chi connectivity index (χ2n) is 5.66. The smallest absolute Gasteiger partial charge is 0.254 e. The summed E-state index contributed by atoms with van der Waals surface area (Å²) in [6.45, 7) is 0.832. The SMILES string of the molecule is COCCOc1cc(Nc2n[nH]c(-c3ccc(N)cc3)c2C(N)=O)ccn1. The van der Waals surface area contributed by atoms with Crippen LogP contribution in [-0.2, 0) is 4.74 Å². The van der Waals surface area contributed by atoms with Crippen LogP contribution in [0.5, 0.6) is 5.88 Å². The molecule has 0 spiro atoms. The molecular weight excluding hydrogens is 348 g/mol. The first-order chi connectivity index (χ1) is 13.1. The molecule has 140 valence electrons. The lowest BCUT2D eigenvalue weighted by atomic mass is 10.1. The number of aromatic nitrogens is 3. The molecule has 3 rings (SSSR count). The van der Waals surface area contributed by atoms with E-state index in [4.69, 9.17) is 20.9 Å². The Bertz CT molecular complexity index is 923. The van der Waals surface area contributed by atoms with Gasteiger partial charge in [0.05, 0.1) is 12.3 Å². The van der Waals surface area contributed by atoms with Crippen LogP contribution >= 0.6 is 0 Å². The van der Waals surface area contributed by atoms with Crippen molar-refractivity contribution in [1.82, 2.24) is 15.2 Å². The molecule has 0 bridgehead atoms. The third-order valence-corrected chi connectivity index (χ3v) is 3.75. The van der Waals surface area contributed by atoms with Gasteiger partial charge >= 0.3 is 0 Å². The van der Waals surface area contributed by atoms with E-state index in [1.165, 1.54) is 0 Å². The van der Waals surface area contributed by atoms with Crippen LogP contribution in [0.2, 0.25) is 0 Å². The molecule has 1 aromatic carbocycles. The minimum absolute atomic E-state index is 0.249. The van der Waals surface area contributed by atoms with E-state index < -0.39 is 5.91 Å². The van der Waals surface area contributed by atoms with Crippen LogP contribution in [0.4, 0.5) is 17.2 Å². The number of aromatic amines is 1. The highest BCUT2D eigenvalue weighted by Gasteiger charge is 2.20. The predicted octanol–water partition coefficient (Wildman–Crippen LogP) is 1.92. The summed E-state index contributed by atoms with van der Waals surface area (Å²) in [6, 6.07) is 10.5. The minimum atomic E-state index is -0.608. The molecule has 0 saturated carbocycles. The molecule has 9 heteroatoms. The quantitative estimate of drug-likeness (QED) is 0.351. The maximum Gasteiger partial charge on any atom is 0.254 e. The fourth-order valence-corrected chi connectivity index (χ4v) is 2.46. The number of nitrogen functional groups attached to an aromatic ring is 1. The van der Waals surface area contributed by atoms with Gasteiger partial charge in [-0.15, -0.1) is 0 Å². The van der Waals surface area contributed by atoms with Crippen molar-refractivity contribution in [2.24, 2.45) is 5.73 Å². The average molecular weight is 368 g/mol. The standard InChI is InChI=1S/C18H20N6O3/c1-26-8-9-27-14-10-13(6-7-21-14)22-18-15(17(20)25)16(23-24-18)11-2-4-12(19)5-3-11/h2-7,10H,8-9,19H2,1H3,(H2,20,25)(H2,21,22,23,24). The summed E-state index contributed by atoms with van der Waals surface area (Å²) in [7, 11) is 1.59. The van der Waals surface area contributed by atoms with E-state index in [-0.39, 0.29) is 5.56 Å². The zero-order chi connectivity index (χ0) is 19.2. The predicted molar refractivity (Wildman–Crippen MR) is 102 cm³/mol. The molecule has 9 nitrogen and oxygen atoms in total. The van der Waals surface area contributed by atoms with Crippen molar-refractivity contribution in [3.05, 3.63) is 48.2 Å². The normalized spacial score (nSPS) is 10.6. The Hall–Kier alpha value is -3.59. The van der Waals surface area contributed by atoms with Crippen molar-refractivity contribution in [2.45, 2.75) is 0 Å². The van der Waals surface area contributed by atoms with Gasteiger partial charge in [-0.25, -0.2) is 4.98 Å². The summed E-state index contributed by atoms with van der Waals surface area (Å²) in [5, 5.41) is 10.1. The number of pyridine rings is 1. The van der Waals surface area contributed by atoms with Crippen molar-refractivity contribution >= 4 is 23.1 Å². The highest BCUT2D eigenvalue weighted by molar-refractivity contribution is 6.04. The van der Waals surface area contributed by atoms with Crippen molar-refractivity contribution < 1.29 is 14.3 Å². The summed E-state index contributed by atoms with van der Waals surface area (Å²) >= 11 is 0. The zero-order valence-corrected chi connectivity index (χ0v) is 14.7. The van der Waals surface area contributed by atoms with Gasteiger partial charge in [0.15, 0.2) is 5.82 Å². The van der Waals surface area contributed by atoms with Crippen LogP contribution in [0, 0.1) is 0 Å². The molecule has 0 aliphatic rings. The molecule has 0 saturated heterocycles. The van der Waals surface area contributed by atoms with Gasteiger partial charge in [-0.05, 0) is 18.2 Å². The van der Waals surface area contributed by atoms with Crippen LogP contribution in [0.3, 0.4) is 0 Å². The van der Waals surface area contributed by atoms with Gasteiger partial charge in [0.1, 0.15) is 12.2 Å². The van der Waals surface area contributed by atoms with Crippen molar-refractivity contribution in [1.29, 1.82) is 0 Å². The van der Waals surface area contributed by atoms with E-state index in [1.54, 1.807) is 49.7 Å². The zero-order valence-electron chi connectivity index (χ0n) is 14.7. The van der Waals surface area contributed by atoms with Gasteiger partial charge < -0.3 is 26.3 Å². The molecule has 0 fully saturated rings. The number of nitrogens with zero attached hydrogens (tertiary/aromatic N) is 2. The van der Waals surface area contributed by atoms with Gasteiger partial charge in [-0.1, -0.05) is 12.1 Å². The largest absolute Gasteiger partial charge is 0.475 e. The Balaban J connectivity index is 1.86. The Morgan fingerprint density at radius 2 is 2.00 bits per heavy atom. The molecule has 0 atom stereocenters. The number of carbonyl (C=O) groups excluding carboxylic acids is 1. The first-order valence-corrected chi connectivity index (χ1v) is 8.17. The average Bonchev–Trinajstić information content (AvgIpc) is 3.07. The number of ether oxygens (including phenoxy) is 2. The summed E-state index contributed by atoms with van der Waals surface area (Å²) in [4.78, 5) is 16.1. The maximum atomic E-state index is 12.0. The summed E-state index contributed by atoms with van der Waals surface area (Å²) in [6.07, 6.45) is 1.59. The topological polar surface area (TPSA) is 141 Å². The number of benzene rings is 1. The summed E-state index contributed by atoms with van der Waals surface area (Å²) < 4.78 is 10.4. The Morgan fingerprint density at radius 1 is 1.22 bits per heavy atom. The van der Waals surface area contributed by atoms with E-state index >= 15 is 0 Å². The number of methoxy groups -OCH3 is 1. The van der Waals surface area contributed by atoms with E-state index in [0.717, 1.165) is 5.56 Å². The maximum absolute atomic E-state index is 12.0. The van der Waals surface area contributed by atoms with E-state index in [9.17, 15) is 4.79 Å². The molecule has 2 aromatic heterocycles. The van der Waals surface area contributed by atoms with Crippen molar-refractivity contribution in [3.63, 3.8) is 0 Å². The van der Waals surface area contributed by atoms with Crippen LogP contribution < -0.4 is 21.5 Å². The highest BCUT2D eigenvalue weighted by Crippen LogP contribution is 2.29. The first kappa shape index (κ1) is 18.2. The highest BCUT2D eigenvalue weighted by atomic mass is 16.5. The van der Waals surface area contributed by atoms with Crippen LogP contribution in [0.25, 0.3) is 11.3 Å². The lowest BCUT2D eigenvalue weighted by Gasteiger charge is -2.08.